The van der Waals surface area contributed by atoms with Crippen LogP contribution < -0.4 is 0 Å². The molecular weight excluding hydrogens is 194 g/mol. The van der Waals surface area contributed by atoms with Crippen molar-refractivity contribution in [2.75, 3.05) is 0 Å². The number of aromatic nitrogens is 1. The van der Waals surface area contributed by atoms with Crippen molar-refractivity contribution in [3.8, 4) is 11.1 Å². The van der Waals surface area contributed by atoms with Crippen molar-refractivity contribution < 1.29 is 0 Å². The second-order valence-corrected chi connectivity index (χ2v) is 3.46. The van der Waals surface area contributed by atoms with Gasteiger partial charge in [0.2, 0.25) is 0 Å². The molecule has 0 atom stereocenters. The van der Waals surface area contributed by atoms with E-state index in [0.29, 0.717) is 0 Å². The molecule has 0 N–H and O–H groups in total. The van der Waals surface area contributed by atoms with Gasteiger partial charge in [0.25, 0.3) is 0 Å². The molecule has 14 heavy (non-hydrogen) atoms. The summed E-state index contributed by atoms with van der Waals surface area (Å²) in [5.74, 6) is 0. The quantitative estimate of drug-likeness (QED) is 0.690. The number of pyridine rings is 1. The largest absolute Gasteiger partial charge is 0.261 e. The van der Waals surface area contributed by atoms with E-state index in [1.54, 1.807) is 6.20 Å². The molecule has 0 aliphatic carbocycles. The van der Waals surface area contributed by atoms with E-state index in [2.05, 4.69) is 11.1 Å². The van der Waals surface area contributed by atoms with Crippen LogP contribution >= 0.6 is 11.6 Å². The predicted octanol–water partition coefficient (Wildman–Crippen LogP) is 3.51. The Morgan fingerprint density at radius 3 is 2.71 bits per heavy atom. The van der Waals surface area contributed by atoms with E-state index >= 15 is 0 Å². The third kappa shape index (κ3) is 1.78. The fraction of sp³-hybridized carbons (Fsp3) is 0.0833. The maximum Gasteiger partial charge on any atom is 0.0484 e. The average molecular weight is 203 g/mol. The zero-order valence-electron chi connectivity index (χ0n) is 7.79. The first kappa shape index (κ1) is 9.22. The Labute approximate surface area is 88.4 Å². The third-order valence-corrected chi connectivity index (χ3v) is 2.32. The van der Waals surface area contributed by atoms with Gasteiger partial charge in [-0.1, -0.05) is 29.8 Å². The molecule has 2 rings (SSSR count). The van der Waals surface area contributed by atoms with Gasteiger partial charge in [-0.15, -0.1) is 0 Å². The molecule has 1 aromatic carbocycles. The van der Waals surface area contributed by atoms with Gasteiger partial charge in [0.15, 0.2) is 0 Å². The van der Waals surface area contributed by atoms with Gasteiger partial charge in [0.05, 0.1) is 0 Å². The summed E-state index contributed by atoms with van der Waals surface area (Å²) < 4.78 is 0. The van der Waals surface area contributed by atoms with Crippen molar-refractivity contribution in [3.05, 3.63) is 53.3 Å². The van der Waals surface area contributed by atoms with Crippen LogP contribution in [0.4, 0.5) is 0 Å². The molecule has 1 radical (unpaired) electrons. The monoisotopic (exact) mass is 202 g/mol. The lowest BCUT2D eigenvalue weighted by atomic mass is 10.1. The lowest BCUT2D eigenvalue weighted by Crippen LogP contribution is -1.84. The van der Waals surface area contributed by atoms with Crippen LogP contribution in [-0.4, -0.2) is 4.98 Å². The first-order valence-corrected chi connectivity index (χ1v) is 4.75. The van der Waals surface area contributed by atoms with Gasteiger partial charge in [-0.05, 0) is 24.6 Å². The molecule has 0 saturated heterocycles. The fourth-order valence-electron chi connectivity index (χ4n) is 1.33. The zero-order valence-corrected chi connectivity index (χ0v) is 8.55. The summed E-state index contributed by atoms with van der Waals surface area (Å²) in [6, 6.07) is 12.8. The average Bonchev–Trinajstić information content (AvgIpc) is 2.18. The van der Waals surface area contributed by atoms with Crippen molar-refractivity contribution in [1.82, 2.24) is 4.98 Å². The minimum atomic E-state index is 0.745. The van der Waals surface area contributed by atoms with Gasteiger partial charge in [0, 0.05) is 28.5 Å². The topological polar surface area (TPSA) is 12.9 Å². The molecule has 0 bridgehead atoms. The van der Waals surface area contributed by atoms with E-state index in [-0.39, 0.29) is 0 Å². The maximum atomic E-state index is 6.07. The minimum Gasteiger partial charge on any atom is -0.261 e. The Bertz CT molecular complexity index is 452. The van der Waals surface area contributed by atoms with Crippen LogP contribution in [0.15, 0.2) is 36.5 Å². The van der Waals surface area contributed by atoms with Crippen molar-refractivity contribution in [2.45, 2.75) is 6.92 Å². The molecule has 1 nitrogen and oxygen atoms in total. The van der Waals surface area contributed by atoms with E-state index in [0.717, 1.165) is 21.8 Å². The van der Waals surface area contributed by atoms with Gasteiger partial charge < -0.3 is 0 Å². The van der Waals surface area contributed by atoms with Crippen LogP contribution in [0.25, 0.3) is 11.1 Å². The number of hydrogen-bond acceptors (Lipinski definition) is 1. The summed E-state index contributed by atoms with van der Waals surface area (Å²) >= 11 is 6.07. The second-order valence-electron chi connectivity index (χ2n) is 3.05. The van der Waals surface area contributed by atoms with Gasteiger partial charge in [-0.3, -0.25) is 4.98 Å². The highest BCUT2D eigenvalue weighted by molar-refractivity contribution is 6.33. The first-order valence-electron chi connectivity index (χ1n) is 4.37. The van der Waals surface area contributed by atoms with Crippen LogP contribution in [0.1, 0.15) is 5.69 Å². The number of benzene rings is 1. The molecule has 0 spiro atoms. The molecule has 2 aromatic rings. The molecule has 0 saturated carbocycles. The van der Waals surface area contributed by atoms with Crippen molar-refractivity contribution in [1.29, 1.82) is 0 Å². The second kappa shape index (κ2) is 3.81. The van der Waals surface area contributed by atoms with Gasteiger partial charge >= 0.3 is 0 Å². The van der Waals surface area contributed by atoms with E-state index in [1.807, 2.05) is 37.3 Å². The summed E-state index contributed by atoms with van der Waals surface area (Å²) in [5.41, 5.74) is 2.87. The number of halogens is 1. The summed E-state index contributed by atoms with van der Waals surface area (Å²) in [6.07, 6.45) is 1.77. The molecule has 0 amide bonds. The summed E-state index contributed by atoms with van der Waals surface area (Å²) in [7, 11) is 0. The number of nitrogens with zero attached hydrogens (tertiary/aromatic N) is 1. The SMILES string of the molecule is Cc1[c]c(-c2ccccc2Cl)ccn1. The lowest BCUT2D eigenvalue weighted by Gasteiger charge is -2.03. The molecule has 0 unspecified atom stereocenters. The Balaban J connectivity index is 2.55. The van der Waals surface area contributed by atoms with E-state index < -0.39 is 0 Å². The highest BCUT2D eigenvalue weighted by atomic mass is 35.5. The van der Waals surface area contributed by atoms with Gasteiger partial charge in [-0.2, -0.15) is 0 Å². The van der Waals surface area contributed by atoms with Crippen molar-refractivity contribution >= 4 is 11.6 Å². The number of rotatable bonds is 1. The van der Waals surface area contributed by atoms with Crippen LogP contribution in [0.2, 0.25) is 5.02 Å². The van der Waals surface area contributed by atoms with E-state index in [9.17, 15) is 0 Å². The Morgan fingerprint density at radius 1 is 1.21 bits per heavy atom. The van der Waals surface area contributed by atoms with Crippen LogP contribution in [0, 0.1) is 13.0 Å². The molecule has 1 aromatic heterocycles. The maximum absolute atomic E-state index is 6.07. The zero-order chi connectivity index (χ0) is 9.97. The normalized spacial score (nSPS) is 10.1. The van der Waals surface area contributed by atoms with Gasteiger partial charge in [0.1, 0.15) is 0 Å². The van der Waals surface area contributed by atoms with E-state index in [4.69, 9.17) is 11.6 Å². The molecule has 0 fully saturated rings. The van der Waals surface area contributed by atoms with E-state index in [1.165, 1.54) is 0 Å². The van der Waals surface area contributed by atoms with Crippen LogP contribution in [0.5, 0.6) is 0 Å². The van der Waals surface area contributed by atoms with Crippen molar-refractivity contribution in [3.63, 3.8) is 0 Å². The smallest absolute Gasteiger partial charge is 0.0484 e. The highest BCUT2D eigenvalue weighted by Crippen LogP contribution is 2.26. The fourth-order valence-corrected chi connectivity index (χ4v) is 1.57. The molecule has 0 aliphatic rings. The predicted molar refractivity (Wildman–Crippen MR) is 58.3 cm³/mol. The summed E-state index contributed by atoms with van der Waals surface area (Å²) in [6.45, 7) is 1.92. The van der Waals surface area contributed by atoms with Crippen LogP contribution in [-0.2, 0) is 0 Å². The molecule has 1 heterocycles. The molecular formula is C12H9ClN. The number of hydrogen-bond donors (Lipinski definition) is 0. The summed E-state index contributed by atoms with van der Waals surface area (Å²) in [5, 5.41) is 0.745. The Morgan fingerprint density at radius 2 is 2.00 bits per heavy atom. The van der Waals surface area contributed by atoms with Crippen LogP contribution in [0.3, 0.4) is 0 Å². The standard InChI is InChI=1S/C12H9ClN/c1-9-8-10(6-7-14-9)11-4-2-3-5-12(11)13/h2-7H,1H3. The minimum absolute atomic E-state index is 0.745. The summed E-state index contributed by atoms with van der Waals surface area (Å²) in [4.78, 5) is 4.10. The third-order valence-electron chi connectivity index (χ3n) is 1.99. The van der Waals surface area contributed by atoms with Crippen molar-refractivity contribution in [2.24, 2.45) is 0 Å². The van der Waals surface area contributed by atoms with Gasteiger partial charge in [-0.25, -0.2) is 0 Å². The Kier molecular flexibility index (Phi) is 2.51. The molecule has 0 aliphatic heterocycles. The first-order chi connectivity index (χ1) is 6.77. The Hall–Kier alpha value is -1.34. The molecule has 2 heteroatoms. The molecule has 69 valence electrons. The highest BCUT2D eigenvalue weighted by Gasteiger charge is 2.02. The number of aryl methyl sites for hydroxylation is 1. The lowest BCUT2D eigenvalue weighted by molar-refractivity contribution is 1.20.